The number of anilines is 2. The number of benzene rings is 1. The lowest BCUT2D eigenvalue weighted by Crippen LogP contribution is -2.32. The maximum Gasteiger partial charge on any atom is 0.238 e. The van der Waals surface area contributed by atoms with Gasteiger partial charge in [-0.15, -0.1) is 0 Å². The molecule has 0 unspecified atom stereocenters. The Morgan fingerprint density at radius 2 is 1.80 bits per heavy atom. The third-order valence-corrected chi connectivity index (χ3v) is 4.36. The Balaban J connectivity index is 1.88. The van der Waals surface area contributed by atoms with Gasteiger partial charge < -0.3 is 20.4 Å². The van der Waals surface area contributed by atoms with Gasteiger partial charge in [0.25, 0.3) is 0 Å². The van der Waals surface area contributed by atoms with Gasteiger partial charge in [-0.1, -0.05) is 12.5 Å². The minimum Gasteiger partial charge on any atom is -0.326 e. The molecule has 0 spiro atoms. The average molecular weight is 346 g/mol. The Morgan fingerprint density at radius 3 is 2.48 bits per heavy atom. The summed E-state index contributed by atoms with van der Waals surface area (Å²) in [6.07, 6.45) is 4.26. The second kappa shape index (κ2) is 9.53. The van der Waals surface area contributed by atoms with Crippen molar-refractivity contribution in [3.8, 4) is 0 Å². The number of carbonyl (C=O) groups is 2. The van der Waals surface area contributed by atoms with Crippen LogP contribution in [0.25, 0.3) is 0 Å². The van der Waals surface area contributed by atoms with Gasteiger partial charge >= 0.3 is 0 Å². The van der Waals surface area contributed by atoms with E-state index in [-0.39, 0.29) is 11.8 Å². The number of aryl methyl sites for hydroxylation is 1. The van der Waals surface area contributed by atoms with Gasteiger partial charge in [0.05, 0.1) is 6.54 Å². The molecule has 25 heavy (non-hydrogen) atoms. The Bertz CT molecular complexity index is 595. The van der Waals surface area contributed by atoms with Crippen LogP contribution in [0, 0.1) is 6.92 Å². The highest BCUT2D eigenvalue weighted by Gasteiger charge is 2.13. The molecule has 2 N–H and O–H groups in total. The van der Waals surface area contributed by atoms with Gasteiger partial charge in [-0.2, -0.15) is 0 Å². The molecule has 2 amide bonds. The van der Waals surface area contributed by atoms with Gasteiger partial charge in [0.2, 0.25) is 11.8 Å². The highest BCUT2D eigenvalue weighted by atomic mass is 16.2. The van der Waals surface area contributed by atoms with Crippen LogP contribution in [-0.2, 0) is 9.59 Å². The van der Waals surface area contributed by atoms with Crippen LogP contribution in [-0.4, -0.2) is 61.9 Å². The molecule has 138 valence electrons. The highest BCUT2D eigenvalue weighted by molar-refractivity contribution is 5.95. The summed E-state index contributed by atoms with van der Waals surface area (Å²) in [4.78, 5) is 28.3. The summed E-state index contributed by atoms with van der Waals surface area (Å²) in [5.74, 6) is -0.0540. The normalized spacial score (nSPS) is 15.2. The molecule has 2 rings (SSSR count). The topological polar surface area (TPSA) is 64.7 Å². The maximum absolute atomic E-state index is 12.3. The van der Waals surface area contributed by atoms with Crippen molar-refractivity contribution in [2.75, 3.05) is 50.9 Å². The van der Waals surface area contributed by atoms with Crippen LogP contribution in [0.3, 0.4) is 0 Å². The van der Waals surface area contributed by atoms with E-state index in [2.05, 4.69) is 15.5 Å². The van der Waals surface area contributed by atoms with Crippen molar-refractivity contribution < 1.29 is 9.59 Å². The summed E-state index contributed by atoms with van der Waals surface area (Å²) in [6, 6.07) is 5.58. The van der Waals surface area contributed by atoms with Crippen molar-refractivity contribution in [1.82, 2.24) is 9.80 Å². The summed E-state index contributed by atoms with van der Waals surface area (Å²) < 4.78 is 0. The summed E-state index contributed by atoms with van der Waals surface area (Å²) in [6.45, 7) is 5.28. The van der Waals surface area contributed by atoms with E-state index in [0.717, 1.165) is 30.9 Å². The van der Waals surface area contributed by atoms with Crippen molar-refractivity contribution in [2.45, 2.75) is 32.6 Å². The second-order valence-corrected chi connectivity index (χ2v) is 7.02. The van der Waals surface area contributed by atoms with Crippen molar-refractivity contribution in [3.05, 3.63) is 23.8 Å². The number of hydrogen-bond donors (Lipinski definition) is 2. The number of piperidine rings is 1. The molecule has 0 atom stereocenters. The van der Waals surface area contributed by atoms with E-state index >= 15 is 0 Å². The van der Waals surface area contributed by atoms with Crippen molar-refractivity contribution in [1.29, 1.82) is 0 Å². The standard InChI is InChI=1S/C19H30N4O2/c1-15-7-8-16(20-19(25)14-22(2)3)13-17(15)21-18(24)9-12-23-10-5-4-6-11-23/h7-8,13H,4-6,9-12,14H2,1-3H3,(H,20,25)(H,21,24). The Morgan fingerprint density at radius 1 is 1.08 bits per heavy atom. The average Bonchev–Trinajstić information content (AvgIpc) is 2.56. The fourth-order valence-electron chi connectivity index (χ4n) is 2.98. The predicted octanol–water partition coefficient (Wildman–Crippen LogP) is 2.31. The summed E-state index contributed by atoms with van der Waals surface area (Å²) >= 11 is 0. The van der Waals surface area contributed by atoms with Crippen LogP contribution in [0.4, 0.5) is 11.4 Å². The molecule has 1 aromatic carbocycles. The van der Waals surface area contributed by atoms with Gasteiger partial charge in [-0.05, 0) is 64.6 Å². The lowest BCUT2D eigenvalue weighted by molar-refractivity contribution is -0.117. The van der Waals surface area contributed by atoms with Gasteiger partial charge in [0.1, 0.15) is 0 Å². The molecule has 1 aliphatic rings. The van der Waals surface area contributed by atoms with Gasteiger partial charge in [0, 0.05) is 24.3 Å². The van der Waals surface area contributed by atoms with Crippen LogP contribution in [0.5, 0.6) is 0 Å². The molecule has 0 aromatic heterocycles. The lowest BCUT2D eigenvalue weighted by Gasteiger charge is -2.26. The fourth-order valence-corrected chi connectivity index (χ4v) is 2.98. The summed E-state index contributed by atoms with van der Waals surface area (Å²) in [7, 11) is 3.70. The van der Waals surface area contributed by atoms with E-state index in [4.69, 9.17) is 0 Å². The molecule has 0 saturated carbocycles. The molecule has 1 saturated heterocycles. The Labute approximate surface area is 150 Å². The molecule has 6 heteroatoms. The number of nitrogens with one attached hydrogen (secondary N) is 2. The number of nitrogens with zero attached hydrogens (tertiary/aromatic N) is 2. The summed E-state index contributed by atoms with van der Waals surface area (Å²) in [5, 5.41) is 5.83. The fraction of sp³-hybridized carbons (Fsp3) is 0.579. The first-order valence-electron chi connectivity index (χ1n) is 9.01. The summed E-state index contributed by atoms with van der Waals surface area (Å²) in [5.41, 5.74) is 2.44. The highest BCUT2D eigenvalue weighted by Crippen LogP contribution is 2.20. The number of hydrogen-bond acceptors (Lipinski definition) is 4. The molecule has 1 aromatic rings. The van der Waals surface area contributed by atoms with Gasteiger partial charge in [0.15, 0.2) is 0 Å². The van der Waals surface area contributed by atoms with E-state index in [9.17, 15) is 9.59 Å². The first-order chi connectivity index (χ1) is 11.9. The smallest absolute Gasteiger partial charge is 0.238 e. The third-order valence-electron chi connectivity index (χ3n) is 4.36. The number of amides is 2. The zero-order valence-corrected chi connectivity index (χ0v) is 15.6. The molecule has 0 bridgehead atoms. The number of likely N-dealkylation sites (N-methyl/N-ethyl adjacent to an activating group) is 1. The quantitative estimate of drug-likeness (QED) is 0.795. The van der Waals surface area contributed by atoms with Crippen molar-refractivity contribution >= 4 is 23.2 Å². The minimum absolute atomic E-state index is 0.0189. The Kier molecular flexibility index (Phi) is 7.40. The molecule has 1 heterocycles. The van der Waals surface area contributed by atoms with E-state index in [0.29, 0.717) is 18.7 Å². The zero-order chi connectivity index (χ0) is 18.2. The number of likely N-dealkylation sites (tertiary alicyclic amines) is 1. The second-order valence-electron chi connectivity index (χ2n) is 7.02. The molecular formula is C19H30N4O2. The van der Waals surface area contributed by atoms with E-state index < -0.39 is 0 Å². The lowest BCUT2D eigenvalue weighted by atomic mass is 10.1. The van der Waals surface area contributed by atoms with Crippen LogP contribution in [0.1, 0.15) is 31.2 Å². The van der Waals surface area contributed by atoms with E-state index in [1.54, 1.807) is 0 Å². The minimum atomic E-state index is -0.0729. The molecule has 1 aliphatic heterocycles. The molecule has 6 nitrogen and oxygen atoms in total. The third kappa shape index (κ3) is 6.84. The van der Waals surface area contributed by atoms with Crippen LogP contribution < -0.4 is 10.6 Å². The van der Waals surface area contributed by atoms with Crippen molar-refractivity contribution in [3.63, 3.8) is 0 Å². The molecule has 0 radical (unpaired) electrons. The molecule has 0 aliphatic carbocycles. The zero-order valence-electron chi connectivity index (χ0n) is 15.6. The molecular weight excluding hydrogens is 316 g/mol. The first-order valence-corrected chi connectivity index (χ1v) is 9.01. The largest absolute Gasteiger partial charge is 0.326 e. The van der Waals surface area contributed by atoms with Gasteiger partial charge in [-0.3, -0.25) is 9.59 Å². The van der Waals surface area contributed by atoms with E-state index in [1.165, 1.54) is 19.3 Å². The van der Waals surface area contributed by atoms with E-state index in [1.807, 2.05) is 44.1 Å². The maximum atomic E-state index is 12.3. The van der Waals surface area contributed by atoms with Gasteiger partial charge in [-0.25, -0.2) is 0 Å². The van der Waals surface area contributed by atoms with Crippen LogP contribution in [0.2, 0.25) is 0 Å². The number of carbonyl (C=O) groups excluding carboxylic acids is 2. The first kappa shape index (κ1) is 19.4. The number of rotatable bonds is 7. The van der Waals surface area contributed by atoms with Crippen molar-refractivity contribution in [2.24, 2.45) is 0 Å². The SMILES string of the molecule is Cc1ccc(NC(=O)CN(C)C)cc1NC(=O)CCN1CCCCC1. The predicted molar refractivity (Wildman–Crippen MR) is 102 cm³/mol. The Hall–Kier alpha value is -1.92. The monoisotopic (exact) mass is 346 g/mol. The molecule has 1 fully saturated rings. The van der Waals surface area contributed by atoms with Crippen LogP contribution in [0.15, 0.2) is 18.2 Å². The van der Waals surface area contributed by atoms with Crippen LogP contribution >= 0.6 is 0 Å².